The molecule has 0 aliphatic carbocycles. The summed E-state index contributed by atoms with van der Waals surface area (Å²) in [6.07, 6.45) is 3.77. The van der Waals surface area contributed by atoms with Gasteiger partial charge in [-0.05, 0) is 55.4 Å². The van der Waals surface area contributed by atoms with Crippen LogP contribution in [-0.2, 0) is 7.05 Å². The molecule has 1 aromatic heterocycles. The molecule has 2 aromatic carbocycles. The van der Waals surface area contributed by atoms with Gasteiger partial charge < -0.3 is 9.88 Å². The zero-order chi connectivity index (χ0) is 17.1. The Hall–Kier alpha value is -1.66. The Morgan fingerprint density at radius 3 is 2.46 bits per heavy atom. The van der Waals surface area contributed by atoms with E-state index in [1.54, 1.807) is 24.3 Å². The summed E-state index contributed by atoms with van der Waals surface area (Å²) in [6, 6.07) is 11.6. The van der Waals surface area contributed by atoms with E-state index < -0.39 is 0 Å². The summed E-state index contributed by atoms with van der Waals surface area (Å²) >= 11 is 13.7. The van der Waals surface area contributed by atoms with Crippen molar-refractivity contribution >= 4 is 46.5 Å². The van der Waals surface area contributed by atoms with Crippen LogP contribution in [0.4, 0.5) is 11.4 Å². The summed E-state index contributed by atoms with van der Waals surface area (Å²) in [6.45, 7) is 0. The number of hydrogen-bond acceptors (Lipinski definition) is 4. The van der Waals surface area contributed by atoms with Crippen molar-refractivity contribution in [3.8, 4) is 11.3 Å². The van der Waals surface area contributed by atoms with E-state index in [1.807, 2.05) is 49.1 Å². The highest BCUT2D eigenvalue weighted by atomic mass is 35.5. The van der Waals surface area contributed by atoms with Gasteiger partial charge in [-0.15, -0.1) is 0 Å². The summed E-state index contributed by atoms with van der Waals surface area (Å²) in [5, 5.41) is 4.56. The first-order chi connectivity index (χ1) is 11.5. The van der Waals surface area contributed by atoms with Crippen molar-refractivity contribution in [1.29, 1.82) is 0 Å². The van der Waals surface area contributed by atoms with Crippen molar-refractivity contribution in [2.75, 3.05) is 12.4 Å². The summed E-state index contributed by atoms with van der Waals surface area (Å²) in [5.74, 6) is 0. The molecule has 0 bridgehead atoms. The van der Waals surface area contributed by atoms with Gasteiger partial charge in [0.1, 0.15) is 0 Å². The molecule has 0 saturated heterocycles. The SMILES string of the molecule is CNSc1ccc(Nc2cc(Cl)cc(Cl)c2)c(-c2cn(C)cn2)c1. The molecule has 0 spiro atoms. The maximum absolute atomic E-state index is 6.09. The molecule has 0 aliphatic heterocycles. The van der Waals surface area contributed by atoms with Gasteiger partial charge >= 0.3 is 0 Å². The Bertz CT molecular complexity index is 843. The third kappa shape index (κ3) is 4.05. The molecule has 3 aromatic rings. The average molecular weight is 379 g/mol. The standard InChI is InChI=1S/C17H16Cl2N4S/c1-20-24-14-3-4-16(15(8-14)17-9-23(2)10-21-17)22-13-6-11(18)5-12(19)7-13/h3-10,20,22H,1-2H3. The molecule has 0 amide bonds. The number of nitrogens with zero attached hydrogens (tertiary/aromatic N) is 2. The number of anilines is 2. The van der Waals surface area contributed by atoms with Gasteiger partial charge in [-0.1, -0.05) is 23.2 Å². The fourth-order valence-electron chi connectivity index (χ4n) is 2.36. The molecule has 0 fully saturated rings. The molecule has 2 N–H and O–H groups in total. The zero-order valence-corrected chi connectivity index (χ0v) is 15.5. The van der Waals surface area contributed by atoms with Crippen molar-refractivity contribution in [2.45, 2.75) is 4.90 Å². The van der Waals surface area contributed by atoms with Gasteiger partial charge in [0.25, 0.3) is 0 Å². The molecule has 0 unspecified atom stereocenters. The maximum atomic E-state index is 6.09. The van der Waals surface area contributed by atoms with E-state index in [2.05, 4.69) is 21.1 Å². The van der Waals surface area contributed by atoms with Crippen molar-refractivity contribution in [3.63, 3.8) is 0 Å². The lowest BCUT2D eigenvalue weighted by molar-refractivity contribution is 0.913. The van der Waals surface area contributed by atoms with Crippen LogP contribution in [0.15, 0.2) is 53.8 Å². The molecule has 7 heteroatoms. The van der Waals surface area contributed by atoms with Crippen LogP contribution >= 0.6 is 35.1 Å². The number of aryl methyl sites for hydroxylation is 1. The monoisotopic (exact) mass is 378 g/mol. The van der Waals surface area contributed by atoms with Gasteiger partial charge in [-0.3, -0.25) is 4.72 Å². The van der Waals surface area contributed by atoms with E-state index in [0.717, 1.165) is 27.5 Å². The van der Waals surface area contributed by atoms with Crippen LogP contribution in [0.5, 0.6) is 0 Å². The van der Waals surface area contributed by atoms with E-state index in [4.69, 9.17) is 23.2 Å². The highest BCUT2D eigenvalue weighted by molar-refractivity contribution is 7.97. The van der Waals surface area contributed by atoms with Gasteiger partial charge in [0.05, 0.1) is 12.0 Å². The minimum Gasteiger partial charge on any atom is -0.355 e. The zero-order valence-electron chi connectivity index (χ0n) is 13.2. The lowest BCUT2D eigenvalue weighted by Crippen LogP contribution is -1.96. The third-order valence-electron chi connectivity index (χ3n) is 3.33. The lowest BCUT2D eigenvalue weighted by atomic mass is 10.1. The molecular formula is C17H16Cl2N4S. The Balaban J connectivity index is 2.02. The summed E-state index contributed by atoms with van der Waals surface area (Å²) in [7, 11) is 3.85. The first-order valence-corrected chi connectivity index (χ1v) is 8.81. The maximum Gasteiger partial charge on any atom is 0.0951 e. The number of hydrogen-bond donors (Lipinski definition) is 2. The van der Waals surface area contributed by atoms with Crippen LogP contribution in [0.25, 0.3) is 11.3 Å². The first kappa shape index (κ1) is 17.2. The lowest BCUT2D eigenvalue weighted by Gasteiger charge is -2.13. The molecule has 0 aliphatic rings. The largest absolute Gasteiger partial charge is 0.355 e. The van der Waals surface area contributed by atoms with Gasteiger partial charge in [-0.25, -0.2) is 4.98 Å². The quantitative estimate of drug-likeness (QED) is 0.586. The van der Waals surface area contributed by atoms with Crippen LogP contribution in [0.1, 0.15) is 0 Å². The number of rotatable bonds is 5. The van der Waals surface area contributed by atoms with Crippen LogP contribution in [-0.4, -0.2) is 16.6 Å². The fourth-order valence-corrected chi connectivity index (χ4v) is 3.43. The average Bonchev–Trinajstić information content (AvgIpc) is 2.94. The Labute approximate surface area is 155 Å². The minimum atomic E-state index is 0.590. The van der Waals surface area contributed by atoms with Gasteiger partial charge in [0, 0.05) is 45.1 Å². The third-order valence-corrected chi connectivity index (χ3v) is 4.46. The van der Waals surface area contributed by atoms with E-state index in [-0.39, 0.29) is 0 Å². The highest BCUT2D eigenvalue weighted by Gasteiger charge is 2.10. The Morgan fingerprint density at radius 2 is 1.83 bits per heavy atom. The van der Waals surface area contributed by atoms with Crippen LogP contribution in [0, 0.1) is 0 Å². The minimum absolute atomic E-state index is 0.590. The fraction of sp³-hybridized carbons (Fsp3) is 0.118. The Kier molecular flexibility index (Phi) is 5.36. The normalized spacial score (nSPS) is 10.8. The second-order valence-corrected chi connectivity index (χ2v) is 7.18. The second kappa shape index (κ2) is 7.49. The van der Waals surface area contributed by atoms with Gasteiger partial charge in [-0.2, -0.15) is 0 Å². The van der Waals surface area contributed by atoms with Crippen molar-refractivity contribution in [2.24, 2.45) is 7.05 Å². The number of halogens is 2. The van der Waals surface area contributed by atoms with Gasteiger partial charge in [0.15, 0.2) is 0 Å². The molecule has 24 heavy (non-hydrogen) atoms. The second-order valence-electron chi connectivity index (χ2n) is 5.22. The van der Waals surface area contributed by atoms with Crippen LogP contribution < -0.4 is 10.0 Å². The van der Waals surface area contributed by atoms with Crippen molar-refractivity contribution in [3.05, 3.63) is 59.0 Å². The van der Waals surface area contributed by atoms with E-state index >= 15 is 0 Å². The molecular weight excluding hydrogens is 363 g/mol. The molecule has 1 heterocycles. The molecule has 4 nitrogen and oxygen atoms in total. The molecule has 0 atom stereocenters. The van der Waals surface area contributed by atoms with Crippen molar-refractivity contribution in [1.82, 2.24) is 14.3 Å². The molecule has 124 valence electrons. The van der Waals surface area contributed by atoms with Crippen LogP contribution in [0.3, 0.4) is 0 Å². The Morgan fingerprint density at radius 1 is 1.08 bits per heavy atom. The van der Waals surface area contributed by atoms with Crippen LogP contribution in [0.2, 0.25) is 10.0 Å². The van der Waals surface area contributed by atoms with E-state index in [1.165, 1.54) is 0 Å². The summed E-state index contributed by atoms with van der Waals surface area (Å²) in [5.41, 5.74) is 3.67. The predicted octanol–water partition coefficient (Wildman–Crippen LogP) is 5.36. The predicted molar refractivity (Wildman–Crippen MR) is 103 cm³/mol. The van der Waals surface area contributed by atoms with E-state index in [0.29, 0.717) is 10.0 Å². The molecule has 0 radical (unpaired) electrons. The number of benzene rings is 2. The number of aromatic nitrogens is 2. The van der Waals surface area contributed by atoms with Crippen molar-refractivity contribution < 1.29 is 0 Å². The van der Waals surface area contributed by atoms with E-state index in [9.17, 15) is 0 Å². The number of imidazole rings is 1. The first-order valence-electron chi connectivity index (χ1n) is 7.24. The smallest absolute Gasteiger partial charge is 0.0951 e. The summed E-state index contributed by atoms with van der Waals surface area (Å²) < 4.78 is 5.01. The molecule has 0 saturated carbocycles. The van der Waals surface area contributed by atoms with Gasteiger partial charge in [0.2, 0.25) is 0 Å². The highest BCUT2D eigenvalue weighted by Crippen LogP contribution is 2.34. The molecule has 3 rings (SSSR count). The topological polar surface area (TPSA) is 41.9 Å². The summed E-state index contributed by atoms with van der Waals surface area (Å²) in [4.78, 5) is 5.57. The number of nitrogens with one attached hydrogen (secondary N) is 2.